The Balaban J connectivity index is 0.00000225. The molecule has 1 fully saturated rings. The Bertz CT molecular complexity index is 699. The lowest BCUT2D eigenvalue weighted by molar-refractivity contribution is 0.0736. The molecular formula is C17H23ClFN5O. The maximum atomic E-state index is 13.0. The van der Waals surface area contributed by atoms with E-state index in [0.29, 0.717) is 11.7 Å². The molecule has 136 valence electrons. The van der Waals surface area contributed by atoms with E-state index in [0.717, 1.165) is 31.5 Å². The molecule has 1 atom stereocenters. The Labute approximate surface area is 152 Å². The van der Waals surface area contributed by atoms with Crippen LogP contribution in [0.3, 0.4) is 0 Å². The van der Waals surface area contributed by atoms with Crippen LogP contribution in [0.4, 0.5) is 4.39 Å². The minimum absolute atomic E-state index is 0. The summed E-state index contributed by atoms with van der Waals surface area (Å²) < 4.78 is 14.8. The molecule has 1 aliphatic rings. The van der Waals surface area contributed by atoms with Gasteiger partial charge >= 0.3 is 0 Å². The number of nitrogens with one attached hydrogen (secondary N) is 1. The minimum Gasteiger partial charge on any atom is -0.334 e. The number of amides is 1. The number of benzene rings is 1. The third kappa shape index (κ3) is 4.35. The molecule has 1 aromatic heterocycles. The highest BCUT2D eigenvalue weighted by Gasteiger charge is 2.23. The molecule has 0 spiro atoms. The Morgan fingerprint density at radius 3 is 2.60 bits per heavy atom. The smallest absolute Gasteiger partial charge is 0.276 e. The highest BCUT2D eigenvalue weighted by Crippen LogP contribution is 2.22. The summed E-state index contributed by atoms with van der Waals surface area (Å²) in [5.74, 6) is -0.475. The van der Waals surface area contributed by atoms with Gasteiger partial charge in [-0.15, -0.1) is 17.5 Å². The maximum Gasteiger partial charge on any atom is 0.276 e. The van der Waals surface area contributed by atoms with Gasteiger partial charge in [0.05, 0.1) is 18.3 Å². The van der Waals surface area contributed by atoms with Crippen molar-refractivity contribution in [3.05, 3.63) is 47.5 Å². The van der Waals surface area contributed by atoms with Gasteiger partial charge in [-0.25, -0.2) is 9.07 Å². The van der Waals surface area contributed by atoms with Gasteiger partial charge in [0.2, 0.25) is 0 Å². The fraction of sp³-hybridized carbons (Fsp3) is 0.471. The Morgan fingerprint density at radius 1 is 1.32 bits per heavy atom. The fourth-order valence-corrected chi connectivity index (χ4v) is 2.95. The summed E-state index contributed by atoms with van der Waals surface area (Å²) in [5, 5.41) is 11.5. The highest BCUT2D eigenvalue weighted by atomic mass is 35.5. The van der Waals surface area contributed by atoms with Crippen LogP contribution in [0.1, 0.15) is 47.9 Å². The quantitative estimate of drug-likeness (QED) is 0.902. The number of rotatable bonds is 4. The van der Waals surface area contributed by atoms with E-state index in [1.807, 2.05) is 6.92 Å². The highest BCUT2D eigenvalue weighted by molar-refractivity contribution is 5.92. The molecule has 3 rings (SSSR count). The molecule has 1 N–H and O–H groups in total. The SMILES string of the molecule is CC(c1ccc(F)cc1)N(C)C(=O)c1cn(C2CCNCC2)nn1.Cl. The van der Waals surface area contributed by atoms with Crippen molar-refractivity contribution in [1.29, 1.82) is 0 Å². The van der Waals surface area contributed by atoms with E-state index in [2.05, 4.69) is 15.6 Å². The molecular weight excluding hydrogens is 345 g/mol. The molecule has 0 saturated carbocycles. The summed E-state index contributed by atoms with van der Waals surface area (Å²) in [7, 11) is 1.72. The van der Waals surface area contributed by atoms with Crippen molar-refractivity contribution >= 4 is 18.3 Å². The Hall–Kier alpha value is -1.99. The van der Waals surface area contributed by atoms with Gasteiger partial charge in [-0.05, 0) is 50.6 Å². The lowest BCUT2D eigenvalue weighted by Crippen LogP contribution is -2.30. The van der Waals surface area contributed by atoms with Crippen LogP contribution in [0.5, 0.6) is 0 Å². The first-order valence-electron chi connectivity index (χ1n) is 8.21. The number of carbonyl (C=O) groups excluding carboxylic acids is 1. The lowest BCUT2D eigenvalue weighted by atomic mass is 10.1. The molecule has 1 aliphatic heterocycles. The summed E-state index contributed by atoms with van der Waals surface area (Å²) in [6.45, 7) is 3.81. The normalized spacial score (nSPS) is 16.1. The van der Waals surface area contributed by atoms with E-state index in [-0.39, 0.29) is 30.2 Å². The Morgan fingerprint density at radius 2 is 1.96 bits per heavy atom. The number of aromatic nitrogens is 3. The molecule has 0 aliphatic carbocycles. The van der Waals surface area contributed by atoms with Crippen LogP contribution >= 0.6 is 12.4 Å². The lowest BCUT2D eigenvalue weighted by Gasteiger charge is -2.24. The predicted octanol–water partition coefficient (Wildman–Crippen LogP) is 2.60. The average molecular weight is 368 g/mol. The molecule has 25 heavy (non-hydrogen) atoms. The number of hydrogen-bond donors (Lipinski definition) is 1. The van der Waals surface area contributed by atoms with Crippen molar-refractivity contribution in [3.8, 4) is 0 Å². The van der Waals surface area contributed by atoms with E-state index >= 15 is 0 Å². The molecule has 1 saturated heterocycles. The molecule has 6 nitrogen and oxygen atoms in total. The van der Waals surface area contributed by atoms with E-state index < -0.39 is 0 Å². The van der Waals surface area contributed by atoms with Crippen LogP contribution in [-0.2, 0) is 0 Å². The predicted molar refractivity (Wildman–Crippen MR) is 95.3 cm³/mol. The number of halogens is 2. The van der Waals surface area contributed by atoms with Crippen molar-refractivity contribution in [3.63, 3.8) is 0 Å². The topological polar surface area (TPSA) is 63.1 Å². The van der Waals surface area contributed by atoms with Crippen LogP contribution in [0.15, 0.2) is 30.5 Å². The maximum absolute atomic E-state index is 13.0. The molecule has 0 bridgehead atoms. The van der Waals surface area contributed by atoms with Gasteiger partial charge in [0.15, 0.2) is 5.69 Å². The van der Waals surface area contributed by atoms with Crippen LogP contribution in [0.25, 0.3) is 0 Å². The first-order chi connectivity index (χ1) is 11.6. The zero-order valence-electron chi connectivity index (χ0n) is 14.4. The largest absolute Gasteiger partial charge is 0.334 e. The van der Waals surface area contributed by atoms with Crippen LogP contribution in [0.2, 0.25) is 0 Å². The standard InChI is InChI=1S/C17H22FN5O.ClH/c1-12(13-3-5-14(18)6-4-13)22(2)17(24)16-11-23(21-20-16)15-7-9-19-10-8-15;/h3-6,11-12,15,19H,7-10H2,1-2H3;1H. The van der Waals surface area contributed by atoms with Gasteiger partial charge in [0.25, 0.3) is 5.91 Å². The van der Waals surface area contributed by atoms with Crippen LogP contribution in [0, 0.1) is 5.82 Å². The van der Waals surface area contributed by atoms with Gasteiger partial charge < -0.3 is 10.2 Å². The molecule has 0 radical (unpaired) electrons. The number of piperidine rings is 1. The third-order valence-corrected chi connectivity index (χ3v) is 4.67. The van der Waals surface area contributed by atoms with Crippen LogP contribution < -0.4 is 5.32 Å². The summed E-state index contributed by atoms with van der Waals surface area (Å²) >= 11 is 0. The second-order valence-electron chi connectivity index (χ2n) is 6.21. The monoisotopic (exact) mass is 367 g/mol. The van der Waals surface area contributed by atoms with Gasteiger partial charge in [-0.1, -0.05) is 17.3 Å². The number of nitrogens with zero attached hydrogens (tertiary/aromatic N) is 4. The van der Waals surface area contributed by atoms with E-state index in [1.54, 1.807) is 35.0 Å². The molecule has 8 heteroatoms. The molecule has 1 unspecified atom stereocenters. The van der Waals surface area contributed by atoms with Gasteiger partial charge in [-0.3, -0.25) is 4.79 Å². The van der Waals surface area contributed by atoms with Crippen LogP contribution in [-0.4, -0.2) is 45.9 Å². The first-order valence-corrected chi connectivity index (χ1v) is 8.21. The number of hydrogen-bond acceptors (Lipinski definition) is 4. The first kappa shape index (κ1) is 19.3. The summed E-state index contributed by atoms with van der Waals surface area (Å²) in [5.41, 5.74) is 1.21. The average Bonchev–Trinajstić information content (AvgIpc) is 3.11. The second kappa shape index (κ2) is 8.40. The van der Waals surface area contributed by atoms with Crippen molar-refractivity contribution < 1.29 is 9.18 Å². The van der Waals surface area contributed by atoms with E-state index in [9.17, 15) is 9.18 Å². The van der Waals surface area contributed by atoms with Crippen molar-refractivity contribution in [2.45, 2.75) is 31.8 Å². The molecule has 1 amide bonds. The third-order valence-electron chi connectivity index (χ3n) is 4.67. The minimum atomic E-state index is -0.287. The Kier molecular flexibility index (Phi) is 6.50. The van der Waals surface area contributed by atoms with Crippen molar-refractivity contribution in [2.75, 3.05) is 20.1 Å². The van der Waals surface area contributed by atoms with Gasteiger partial charge in [0, 0.05) is 7.05 Å². The number of carbonyl (C=O) groups is 1. The summed E-state index contributed by atoms with van der Waals surface area (Å²) in [4.78, 5) is 14.2. The zero-order chi connectivity index (χ0) is 17.1. The second-order valence-corrected chi connectivity index (χ2v) is 6.21. The van der Waals surface area contributed by atoms with Crippen molar-refractivity contribution in [1.82, 2.24) is 25.2 Å². The van der Waals surface area contributed by atoms with E-state index in [4.69, 9.17) is 0 Å². The summed E-state index contributed by atoms with van der Waals surface area (Å²) in [6.07, 6.45) is 3.70. The van der Waals surface area contributed by atoms with Crippen molar-refractivity contribution in [2.24, 2.45) is 0 Å². The summed E-state index contributed by atoms with van der Waals surface area (Å²) in [6, 6.07) is 6.29. The van der Waals surface area contributed by atoms with Gasteiger partial charge in [-0.2, -0.15) is 0 Å². The fourth-order valence-electron chi connectivity index (χ4n) is 2.95. The van der Waals surface area contributed by atoms with E-state index in [1.165, 1.54) is 12.1 Å². The molecule has 2 heterocycles. The molecule has 1 aromatic carbocycles. The zero-order valence-corrected chi connectivity index (χ0v) is 15.2. The van der Waals surface area contributed by atoms with Gasteiger partial charge in [0.1, 0.15) is 5.82 Å². The molecule has 2 aromatic rings.